The van der Waals surface area contributed by atoms with E-state index in [2.05, 4.69) is 25.2 Å². The molecule has 0 aliphatic heterocycles. The van der Waals surface area contributed by atoms with Crippen LogP contribution in [0.1, 0.15) is 15.3 Å². The summed E-state index contributed by atoms with van der Waals surface area (Å²) in [6, 6.07) is 2.22. The summed E-state index contributed by atoms with van der Waals surface area (Å²) in [6.07, 6.45) is -0.162. The molecule has 15 heavy (non-hydrogen) atoms. The highest BCUT2D eigenvalue weighted by molar-refractivity contribution is 7.12. The Labute approximate surface area is 95.4 Å². The van der Waals surface area contributed by atoms with Gasteiger partial charge in [-0.3, -0.25) is 0 Å². The highest BCUT2D eigenvalue weighted by Crippen LogP contribution is 2.20. The molecule has 1 rings (SSSR count). The highest BCUT2D eigenvalue weighted by atomic mass is 32.1. The molecule has 0 amide bonds. The minimum Gasteiger partial charge on any atom is -0.355 e. The topological polar surface area (TPSA) is 30.5 Å². The fourth-order valence-corrected chi connectivity index (χ4v) is 2.39. The molecule has 0 aliphatic carbocycles. The second kappa shape index (κ2) is 6.23. The van der Waals surface area contributed by atoms with Gasteiger partial charge in [-0.15, -0.1) is 11.3 Å². The molecule has 1 heterocycles. The van der Waals surface area contributed by atoms with Crippen LogP contribution in [-0.4, -0.2) is 27.1 Å². The lowest BCUT2D eigenvalue weighted by Gasteiger charge is -2.13. The Bertz CT molecular complexity index is 295. The number of aryl methyl sites for hydroxylation is 2. The van der Waals surface area contributed by atoms with E-state index in [1.54, 1.807) is 14.2 Å². The molecule has 1 aromatic rings. The van der Waals surface area contributed by atoms with Crippen molar-refractivity contribution in [3.63, 3.8) is 0 Å². The van der Waals surface area contributed by atoms with Crippen molar-refractivity contribution in [1.82, 2.24) is 5.32 Å². The van der Waals surface area contributed by atoms with Crippen molar-refractivity contribution >= 4 is 11.3 Å². The van der Waals surface area contributed by atoms with Crippen molar-refractivity contribution < 1.29 is 9.47 Å². The van der Waals surface area contributed by atoms with Crippen molar-refractivity contribution in [3.05, 3.63) is 21.4 Å². The summed E-state index contributed by atoms with van der Waals surface area (Å²) >= 11 is 1.84. The van der Waals surface area contributed by atoms with Crippen LogP contribution in [0.15, 0.2) is 6.07 Å². The zero-order valence-corrected chi connectivity index (χ0v) is 10.6. The van der Waals surface area contributed by atoms with E-state index in [-0.39, 0.29) is 6.29 Å². The van der Waals surface area contributed by atoms with E-state index in [0.717, 1.165) is 6.54 Å². The number of hydrogen-bond donors (Lipinski definition) is 1. The first-order chi connectivity index (χ1) is 7.17. The van der Waals surface area contributed by atoms with E-state index >= 15 is 0 Å². The first kappa shape index (κ1) is 12.6. The molecule has 0 fully saturated rings. The summed E-state index contributed by atoms with van der Waals surface area (Å²) in [5, 5.41) is 3.31. The maximum atomic E-state index is 5.09. The molecule has 1 N–H and O–H groups in total. The predicted octanol–water partition coefficient (Wildman–Crippen LogP) is 2.07. The second-order valence-electron chi connectivity index (χ2n) is 3.47. The maximum absolute atomic E-state index is 5.09. The van der Waals surface area contributed by atoms with Crippen LogP contribution in [0.3, 0.4) is 0 Å². The summed E-state index contributed by atoms with van der Waals surface area (Å²) in [7, 11) is 3.30. The average Bonchev–Trinajstić information content (AvgIpc) is 2.52. The molecule has 3 nitrogen and oxygen atoms in total. The van der Waals surface area contributed by atoms with Crippen LogP contribution in [0.5, 0.6) is 0 Å². The molecule has 0 radical (unpaired) electrons. The van der Waals surface area contributed by atoms with E-state index in [4.69, 9.17) is 9.47 Å². The molecular formula is C11H19NO2S. The number of thiophene rings is 1. The number of nitrogens with one attached hydrogen (secondary N) is 1. The van der Waals surface area contributed by atoms with E-state index < -0.39 is 0 Å². The molecule has 0 bridgehead atoms. The van der Waals surface area contributed by atoms with E-state index in [9.17, 15) is 0 Å². The molecule has 0 spiro atoms. The Hall–Kier alpha value is -0.420. The Morgan fingerprint density at radius 1 is 1.33 bits per heavy atom. The minimum absolute atomic E-state index is 0.162. The zero-order valence-electron chi connectivity index (χ0n) is 9.79. The Morgan fingerprint density at radius 3 is 2.47 bits per heavy atom. The van der Waals surface area contributed by atoms with Gasteiger partial charge in [-0.1, -0.05) is 0 Å². The average molecular weight is 229 g/mol. The minimum atomic E-state index is -0.162. The first-order valence-electron chi connectivity index (χ1n) is 4.99. The third-order valence-electron chi connectivity index (χ3n) is 2.30. The predicted molar refractivity (Wildman–Crippen MR) is 63.3 cm³/mol. The van der Waals surface area contributed by atoms with Gasteiger partial charge in [0, 0.05) is 37.1 Å². The number of methoxy groups -OCH3 is 2. The normalized spacial score (nSPS) is 11.3. The largest absolute Gasteiger partial charge is 0.355 e. The number of hydrogen-bond acceptors (Lipinski definition) is 4. The number of ether oxygens (including phenoxy) is 2. The number of rotatable bonds is 6. The van der Waals surface area contributed by atoms with Crippen LogP contribution in [0.4, 0.5) is 0 Å². The van der Waals surface area contributed by atoms with E-state index in [1.165, 1.54) is 15.3 Å². The standard InChI is InChI=1S/C11H19NO2S/c1-8-5-10(9(2)15-8)6-12-7-11(13-3)14-4/h5,11-12H,6-7H2,1-4H3. The summed E-state index contributed by atoms with van der Waals surface area (Å²) in [6.45, 7) is 5.87. The first-order valence-corrected chi connectivity index (χ1v) is 5.81. The molecule has 86 valence electrons. The Morgan fingerprint density at radius 2 is 2.00 bits per heavy atom. The van der Waals surface area contributed by atoms with Crippen molar-refractivity contribution in [2.45, 2.75) is 26.7 Å². The molecule has 0 saturated carbocycles. The second-order valence-corrected chi connectivity index (χ2v) is 4.93. The lowest BCUT2D eigenvalue weighted by molar-refractivity contribution is -0.0989. The van der Waals surface area contributed by atoms with Gasteiger partial charge in [0.1, 0.15) is 0 Å². The lowest BCUT2D eigenvalue weighted by atomic mass is 10.2. The zero-order chi connectivity index (χ0) is 11.3. The van der Waals surface area contributed by atoms with Gasteiger partial charge in [-0.25, -0.2) is 0 Å². The summed E-state index contributed by atoms with van der Waals surface area (Å²) in [4.78, 5) is 2.74. The summed E-state index contributed by atoms with van der Waals surface area (Å²) in [5.41, 5.74) is 1.36. The quantitative estimate of drug-likeness (QED) is 0.758. The maximum Gasteiger partial charge on any atom is 0.169 e. The molecule has 0 unspecified atom stereocenters. The van der Waals surface area contributed by atoms with Crippen LogP contribution in [0.25, 0.3) is 0 Å². The van der Waals surface area contributed by atoms with Crippen molar-refractivity contribution in [3.8, 4) is 0 Å². The Kier molecular flexibility index (Phi) is 5.25. The smallest absolute Gasteiger partial charge is 0.169 e. The van der Waals surface area contributed by atoms with Gasteiger partial charge in [0.25, 0.3) is 0 Å². The van der Waals surface area contributed by atoms with Gasteiger partial charge >= 0.3 is 0 Å². The molecular weight excluding hydrogens is 210 g/mol. The van der Waals surface area contributed by atoms with Crippen LogP contribution >= 0.6 is 11.3 Å². The molecule has 1 aromatic heterocycles. The van der Waals surface area contributed by atoms with Gasteiger partial charge in [0.15, 0.2) is 6.29 Å². The molecule has 0 aromatic carbocycles. The molecule has 4 heteroatoms. The van der Waals surface area contributed by atoms with Crippen LogP contribution < -0.4 is 5.32 Å². The molecule has 0 atom stereocenters. The van der Waals surface area contributed by atoms with Crippen LogP contribution in [0.2, 0.25) is 0 Å². The third-order valence-corrected chi connectivity index (χ3v) is 3.30. The van der Waals surface area contributed by atoms with Crippen LogP contribution in [0, 0.1) is 13.8 Å². The van der Waals surface area contributed by atoms with E-state index in [1.807, 2.05) is 11.3 Å². The van der Waals surface area contributed by atoms with Crippen LogP contribution in [-0.2, 0) is 16.0 Å². The monoisotopic (exact) mass is 229 g/mol. The van der Waals surface area contributed by atoms with Crippen molar-refractivity contribution in [2.24, 2.45) is 0 Å². The van der Waals surface area contributed by atoms with Gasteiger partial charge in [-0.05, 0) is 25.5 Å². The fourth-order valence-electron chi connectivity index (χ4n) is 1.45. The van der Waals surface area contributed by atoms with Gasteiger partial charge in [-0.2, -0.15) is 0 Å². The SMILES string of the molecule is COC(CNCc1cc(C)sc1C)OC. The van der Waals surface area contributed by atoms with E-state index in [0.29, 0.717) is 6.54 Å². The summed E-state index contributed by atoms with van der Waals surface area (Å²) < 4.78 is 10.2. The third kappa shape index (κ3) is 3.91. The van der Waals surface area contributed by atoms with Crippen molar-refractivity contribution in [2.75, 3.05) is 20.8 Å². The highest BCUT2D eigenvalue weighted by Gasteiger charge is 2.06. The Balaban J connectivity index is 2.34. The lowest BCUT2D eigenvalue weighted by Crippen LogP contribution is -2.29. The molecule has 0 aliphatic rings. The molecule has 0 saturated heterocycles. The van der Waals surface area contributed by atoms with Gasteiger partial charge in [0.2, 0.25) is 0 Å². The fraction of sp³-hybridized carbons (Fsp3) is 0.636. The summed E-state index contributed by atoms with van der Waals surface area (Å²) in [5.74, 6) is 0. The van der Waals surface area contributed by atoms with Gasteiger partial charge < -0.3 is 14.8 Å². The van der Waals surface area contributed by atoms with Crippen molar-refractivity contribution in [1.29, 1.82) is 0 Å². The van der Waals surface area contributed by atoms with Gasteiger partial charge in [0.05, 0.1) is 0 Å².